The Morgan fingerprint density at radius 1 is 1.44 bits per heavy atom. The van der Waals surface area contributed by atoms with Crippen molar-refractivity contribution >= 4 is 28.4 Å². The van der Waals surface area contributed by atoms with E-state index in [2.05, 4.69) is 0 Å². The first-order chi connectivity index (χ1) is 8.58. The Morgan fingerprint density at radius 3 is 2.78 bits per heavy atom. The lowest BCUT2D eigenvalue weighted by atomic mass is 10.2. The highest BCUT2D eigenvalue weighted by atomic mass is 35.5. The summed E-state index contributed by atoms with van der Waals surface area (Å²) < 4.78 is 17.4. The summed E-state index contributed by atoms with van der Waals surface area (Å²) >= 11 is 5.96. The second kappa shape index (κ2) is 5.82. The molecule has 1 heterocycles. The number of rotatable bonds is 4. The number of halogens is 1. The van der Waals surface area contributed by atoms with Crippen LogP contribution in [0.3, 0.4) is 0 Å². The van der Waals surface area contributed by atoms with Gasteiger partial charge in [0.25, 0.3) is 0 Å². The third-order valence-electron chi connectivity index (χ3n) is 2.80. The largest absolute Gasteiger partial charge is 0.479 e. The summed E-state index contributed by atoms with van der Waals surface area (Å²) in [6.45, 7) is 0. The van der Waals surface area contributed by atoms with Gasteiger partial charge in [0.15, 0.2) is 6.10 Å². The van der Waals surface area contributed by atoms with Crippen LogP contribution in [0, 0.1) is 0 Å². The zero-order valence-electron chi connectivity index (χ0n) is 9.54. The summed E-state index contributed by atoms with van der Waals surface area (Å²) in [6.07, 6.45) is 0.0498. The Morgan fingerprint density at radius 2 is 2.17 bits per heavy atom. The molecule has 6 heteroatoms. The summed E-state index contributed by atoms with van der Waals surface area (Å²) in [5.41, 5.74) is 0. The van der Waals surface area contributed by atoms with Crippen LogP contribution in [0.2, 0.25) is 5.02 Å². The highest BCUT2D eigenvalue weighted by Crippen LogP contribution is 2.24. The first-order valence-corrected chi connectivity index (χ1v) is 7.29. The maximum absolute atomic E-state index is 12.1. The molecule has 0 aromatic heterocycles. The van der Waals surface area contributed by atoms with Crippen LogP contribution in [0.5, 0.6) is 0 Å². The van der Waals surface area contributed by atoms with Gasteiger partial charge in [0, 0.05) is 0 Å². The van der Waals surface area contributed by atoms with Crippen molar-refractivity contribution in [2.24, 2.45) is 0 Å². The molecule has 1 aromatic rings. The topological polar surface area (TPSA) is 63.6 Å². The molecular formula is C12H13ClO4S. The van der Waals surface area contributed by atoms with Crippen molar-refractivity contribution in [1.29, 1.82) is 0 Å². The molecule has 3 unspecified atom stereocenters. The van der Waals surface area contributed by atoms with Gasteiger partial charge in [0.05, 0.1) is 32.6 Å². The fraction of sp³-hybridized carbons (Fsp3) is 0.417. The van der Waals surface area contributed by atoms with E-state index in [4.69, 9.17) is 21.4 Å². The number of ether oxygens (including phenoxy) is 1. The predicted octanol–water partition coefficient (Wildman–Crippen LogP) is 2.08. The number of carboxylic acids is 1. The number of carboxylic acid groups (broad SMARTS) is 1. The molecule has 1 N–H and O–H groups in total. The number of aliphatic carboxylic acids is 1. The lowest BCUT2D eigenvalue weighted by Gasteiger charge is -2.11. The second-order valence-electron chi connectivity index (χ2n) is 4.10. The Bertz CT molecular complexity index is 477. The van der Waals surface area contributed by atoms with E-state index in [1.165, 1.54) is 0 Å². The van der Waals surface area contributed by atoms with Gasteiger partial charge in [-0.3, -0.25) is 4.21 Å². The van der Waals surface area contributed by atoms with Gasteiger partial charge in [-0.25, -0.2) is 4.79 Å². The van der Waals surface area contributed by atoms with Crippen molar-refractivity contribution in [2.45, 2.75) is 29.9 Å². The molecule has 1 aliphatic rings. The molecule has 3 atom stereocenters. The monoisotopic (exact) mass is 288 g/mol. The van der Waals surface area contributed by atoms with Crippen molar-refractivity contribution < 1.29 is 18.8 Å². The van der Waals surface area contributed by atoms with Crippen LogP contribution in [-0.2, 0) is 20.3 Å². The van der Waals surface area contributed by atoms with E-state index in [1.54, 1.807) is 24.3 Å². The van der Waals surface area contributed by atoms with Crippen molar-refractivity contribution in [2.75, 3.05) is 5.75 Å². The molecule has 2 rings (SSSR count). The zero-order chi connectivity index (χ0) is 13.1. The van der Waals surface area contributed by atoms with Gasteiger partial charge in [-0.1, -0.05) is 23.7 Å². The Kier molecular flexibility index (Phi) is 4.37. The third kappa shape index (κ3) is 3.10. The Balaban J connectivity index is 1.97. The lowest BCUT2D eigenvalue weighted by molar-refractivity contribution is -0.148. The smallest absolute Gasteiger partial charge is 0.332 e. The number of hydrogen-bond acceptors (Lipinski definition) is 3. The highest BCUT2D eigenvalue weighted by molar-refractivity contribution is 7.85. The number of benzene rings is 1. The van der Waals surface area contributed by atoms with Gasteiger partial charge >= 0.3 is 5.97 Å². The molecule has 1 saturated heterocycles. The molecule has 0 spiro atoms. The minimum atomic E-state index is -1.26. The van der Waals surface area contributed by atoms with Crippen LogP contribution < -0.4 is 0 Å². The number of hydrogen-bond donors (Lipinski definition) is 1. The first kappa shape index (κ1) is 13.5. The number of carbonyl (C=O) groups is 1. The van der Waals surface area contributed by atoms with Gasteiger partial charge in [0.2, 0.25) is 0 Å². The average molecular weight is 289 g/mol. The SMILES string of the molecule is O=C(O)C1CCC(CS(=O)c2ccccc2Cl)O1. The standard InChI is InChI=1S/C12H13ClO4S/c13-9-3-1-2-4-11(9)18(16)7-8-5-6-10(17-8)12(14)15/h1-4,8,10H,5-7H2,(H,14,15). The molecule has 0 aliphatic carbocycles. The second-order valence-corrected chi connectivity index (χ2v) is 5.98. The van der Waals surface area contributed by atoms with Gasteiger partial charge < -0.3 is 9.84 Å². The molecule has 98 valence electrons. The first-order valence-electron chi connectivity index (χ1n) is 5.59. The van der Waals surface area contributed by atoms with Crippen molar-refractivity contribution in [1.82, 2.24) is 0 Å². The van der Waals surface area contributed by atoms with Crippen molar-refractivity contribution in [3.63, 3.8) is 0 Å². The van der Waals surface area contributed by atoms with Crippen molar-refractivity contribution in [3.05, 3.63) is 29.3 Å². The van der Waals surface area contributed by atoms with Crippen LogP contribution in [0.4, 0.5) is 0 Å². The average Bonchev–Trinajstić information content (AvgIpc) is 2.78. The fourth-order valence-corrected chi connectivity index (χ4v) is 3.57. The molecule has 0 amide bonds. The molecule has 1 aromatic carbocycles. The Labute approximate surface area is 112 Å². The van der Waals surface area contributed by atoms with Gasteiger partial charge in [-0.2, -0.15) is 0 Å². The van der Waals surface area contributed by atoms with E-state index in [0.717, 1.165) is 0 Å². The van der Waals surface area contributed by atoms with Crippen LogP contribution in [0.1, 0.15) is 12.8 Å². The molecule has 0 radical (unpaired) electrons. The van der Waals surface area contributed by atoms with Crippen LogP contribution in [0.15, 0.2) is 29.2 Å². The molecule has 18 heavy (non-hydrogen) atoms. The quantitative estimate of drug-likeness (QED) is 0.921. The highest BCUT2D eigenvalue weighted by Gasteiger charge is 2.31. The normalized spacial score (nSPS) is 24.9. The van der Waals surface area contributed by atoms with E-state index in [0.29, 0.717) is 22.8 Å². The summed E-state index contributed by atoms with van der Waals surface area (Å²) in [4.78, 5) is 11.3. The maximum Gasteiger partial charge on any atom is 0.332 e. The van der Waals surface area contributed by atoms with E-state index in [-0.39, 0.29) is 11.9 Å². The van der Waals surface area contributed by atoms with Crippen LogP contribution >= 0.6 is 11.6 Å². The van der Waals surface area contributed by atoms with E-state index < -0.39 is 22.9 Å². The minimum absolute atomic E-state index is 0.275. The molecule has 1 aliphatic heterocycles. The van der Waals surface area contributed by atoms with Crippen LogP contribution in [0.25, 0.3) is 0 Å². The van der Waals surface area contributed by atoms with Crippen molar-refractivity contribution in [3.8, 4) is 0 Å². The molecular weight excluding hydrogens is 276 g/mol. The summed E-state index contributed by atoms with van der Waals surface area (Å²) in [5, 5.41) is 9.27. The minimum Gasteiger partial charge on any atom is -0.479 e. The van der Waals surface area contributed by atoms with Gasteiger partial charge in [0.1, 0.15) is 0 Å². The maximum atomic E-state index is 12.1. The summed E-state index contributed by atoms with van der Waals surface area (Å²) in [5.74, 6) is -0.672. The lowest BCUT2D eigenvalue weighted by Crippen LogP contribution is -2.23. The van der Waals surface area contributed by atoms with E-state index >= 15 is 0 Å². The Hall–Kier alpha value is -0.910. The van der Waals surface area contributed by atoms with E-state index in [1.807, 2.05) is 0 Å². The predicted molar refractivity (Wildman–Crippen MR) is 68.3 cm³/mol. The molecule has 1 fully saturated rings. The third-order valence-corrected chi connectivity index (χ3v) is 4.76. The molecule has 0 saturated carbocycles. The summed E-state index contributed by atoms with van der Waals surface area (Å²) in [7, 11) is -1.26. The fourth-order valence-electron chi connectivity index (χ4n) is 1.90. The van der Waals surface area contributed by atoms with Crippen LogP contribution in [-0.4, -0.2) is 33.2 Å². The van der Waals surface area contributed by atoms with Gasteiger partial charge in [-0.05, 0) is 25.0 Å². The summed E-state index contributed by atoms with van der Waals surface area (Å²) in [6, 6.07) is 6.94. The zero-order valence-corrected chi connectivity index (χ0v) is 11.1. The van der Waals surface area contributed by atoms with Gasteiger partial charge in [-0.15, -0.1) is 0 Å². The van der Waals surface area contributed by atoms with E-state index in [9.17, 15) is 9.00 Å². The molecule has 0 bridgehead atoms. The molecule has 4 nitrogen and oxygen atoms in total.